The van der Waals surface area contributed by atoms with Gasteiger partial charge in [-0.15, -0.1) is 10.2 Å². The van der Waals surface area contributed by atoms with E-state index in [1.807, 2.05) is 24.3 Å². The molecule has 0 radical (unpaired) electrons. The predicted molar refractivity (Wildman–Crippen MR) is 125 cm³/mol. The Bertz CT molecular complexity index is 1410. The lowest BCUT2D eigenvalue weighted by Crippen LogP contribution is -2.26. The van der Waals surface area contributed by atoms with Crippen LogP contribution in [0.3, 0.4) is 0 Å². The first-order valence-corrected chi connectivity index (χ1v) is 11.2. The van der Waals surface area contributed by atoms with Gasteiger partial charge in [-0.1, -0.05) is 25.5 Å². The zero-order valence-electron chi connectivity index (χ0n) is 19.0. The van der Waals surface area contributed by atoms with Crippen LogP contribution in [0, 0.1) is 10.1 Å². The summed E-state index contributed by atoms with van der Waals surface area (Å²) in [4.78, 5) is 40.0. The Morgan fingerprint density at radius 2 is 1.91 bits per heavy atom. The number of esters is 1. The lowest BCUT2D eigenvalue weighted by atomic mass is 10.2. The number of nitrogens with zero attached hydrogens (tertiary/aromatic N) is 5. The van der Waals surface area contributed by atoms with Crippen LogP contribution in [0.5, 0.6) is 0 Å². The Morgan fingerprint density at radius 3 is 2.66 bits per heavy atom. The third-order valence-corrected chi connectivity index (χ3v) is 5.37. The second kappa shape index (κ2) is 10.7. The van der Waals surface area contributed by atoms with Crippen molar-refractivity contribution in [3.8, 4) is 11.5 Å². The van der Waals surface area contributed by atoms with Crippen molar-refractivity contribution in [3.05, 3.63) is 80.6 Å². The van der Waals surface area contributed by atoms with Gasteiger partial charge in [-0.2, -0.15) is 0 Å². The Hall–Kier alpha value is -4.41. The molecule has 0 amide bonds. The number of unbranched alkanes of at least 4 members (excludes halogenated alkanes) is 1. The van der Waals surface area contributed by atoms with Crippen molar-refractivity contribution in [2.75, 3.05) is 0 Å². The number of carbonyl (C=O) groups excluding carboxylic acids is 1. The van der Waals surface area contributed by atoms with Crippen molar-refractivity contribution in [2.24, 2.45) is 0 Å². The molecule has 11 heteroatoms. The molecule has 180 valence electrons. The quantitative estimate of drug-likeness (QED) is 0.189. The molecular formula is C24H23N5O6. The van der Waals surface area contributed by atoms with Gasteiger partial charge < -0.3 is 13.7 Å². The van der Waals surface area contributed by atoms with E-state index in [9.17, 15) is 19.7 Å². The van der Waals surface area contributed by atoms with Crippen molar-refractivity contribution in [1.82, 2.24) is 19.7 Å². The van der Waals surface area contributed by atoms with Crippen molar-refractivity contribution in [3.63, 3.8) is 0 Å². The summed E-state index contributed by atoms with van der Waals surface area (Å²) < 4.78 is 12.4. The number of nitro groups is 1. The van der Waals surface area contributed by atoms with Gasteiger partial charge in [0, 0.05) is 30.7 Å². The number of hydrogen-bond acceptors (Lipinski definition) is 9. The summed E-state index contributed by atoms with van der Waals surface area (Å²) in [7, 11) is 0. The first kappa shape index (κ1) is 23.7. The number of hydrogen-bond donors (Lipinski definition) is 0. The number of para-hydroxylation sites is 2. The lowest BCUT2D eigenvalue weighted by Gasteiger charge is -2.11. The molecule has 0 atom stereocenters. The number of aromatic nitrogens is 4. The average Bonchev–Trinajstić information content (AvgIpc) is 3.35. The van der Waals surface area contributed by atoms with Gasteiger partial charge in [0.2, 0.25) is 5.89 Å². The fraction of sp³-hybridized carbons (Fsp3) is 0.292. The monoisotopic (exact) mass is 477 g/mol. The van der Waals surface area contributed by atoms with E-state index in [4.69, 9.17) is 9.15 Å². The minimum atomic E-state index is -0.533. The van der Waals surface area contributed by atoms with E-state index in [0.29, 0.717) is 23.3 Å². The Morgan fingerprint density at radius 1 is 1.14 bits per heavy atom. The summed E-state index contributed by atoms with van der Waals surface area (Å²) in [5.74, 6) is -0.300. The molecule has 0 aliphatic heterocycles. The fourth-order valence-corrected chi connectivity index (χ4v) is 3.54. The number of fused-ring (bicyclic) bond motifs is 1. The summed E-state index contributed by atoms with van der Waals surface area (Å²) in [5.41, 5.74) is 2.04. The van der Waals surface area contributed by atoms with E-state index in [1.165, 1.54) is 24.3 Å². The number of benzene rings is 2. The highest BCUT2D eigenvalue weighted by atomic mass is 16.6. The molecule has 35 heavy (non-hydrogen) atoms. The average molecular weight is 477 g/mol. The maximum atomic E-state index is 13.0. The zero-order chi connectivity index (χ0) is 24.8. The number of nitro benzene ring substituents is 1. The third kappa shape index (κ3) is 5.57. The van der Waals surface area contributed by atoms with Crippen LogP contribution < -0.4 is 5.56 Å². The highest BCUT2D eigenvalue weighted by Gasteiger charge is 2.15. The van der Waals surface area contributed by atoms with Gasteiger partial charge in [-0.25, -0.2) is 4.98 Å². The Kier molecular flexibility index (Phi) is 7.24. The van der Waals surface area contributed by atoms with Crippen LogP contribution in [0.15, 0.2) is 57.7 Å². The summed E-state index contributed by atoms with van der Waals surface area (Å²) in [6, 6.07) is 13.1. The molecule has 4 aromatic rings. The summed E-state index contributed by atoms with van der Waals surface area (Å²) in [6.07, 6.45) is 1.93. The van der Waals surface area contributed by atoms with Crippen molar-refractivity contribution < 1.29 is 18.9 Å². The first-order valence-electron chi connectivity index (χ1n) is 11.2. The second-order valence-corrected chi connectivity index (χ2v) is 7.82. The van der Waals surface area contributed by atoms with Crippen LogP contribution in [-0.4, -0.2) is 30.6 Å². The first-order chi connectivity index (χ1) is 17.0. The minimum absolute atomic E-state index is 0.0301. The zero-order valence-corrected chi connectivity index (χ0v) is 19.0. The van der Waals surface area contributed by atoms with E-state index in [2.05, 4.69) is 22.1 Å². The molecule has 0 bridgehead atoms. The smallest absolute Gasteiger partial charge is 0.306 e. The maximum absolute atomic E-state index is 13.0. The van der Waals surface area contributed by atoms with Gasteiger partial charge in [0.1, 0.15) is 5.69 Å². The molecule has 0 aliphatic carbocycles. The highest BCUT2D eigenvalue weighted by Crippen LogP contribution is 2.21. The second-order valence-electron chi connectivity index (χ2n) is 7.82. The van der Waals surface area contributed by atoms with Gasteiger partial charge in [-0.3, -0.25) is 19.7 Å². The van der Waals surface area contributed by atoms with Crippen LogP contribution in [0.1, 0.15) is 37.8 Å². The number of rotatable bonds is 10. The van der Waals surface area contributed by atoms with Crippen LogP contribution in [-0.2, 0) is 29.1 Å². The van der Waals surface area contributed by atoms with Crippen molar-refractivity contribution >= 4 is 22.7 Å². The summed E-state index contributed by atoms with van der Waals surface area (Å²) in [6.45, 7) is 2.42. The van der Waals surface area contributed by atoms with Crippen LogP contribution in [0.25, 0.3) is 22.5 Å². The molecule has 0 fully saturated rings. The molecule has 0 aliphatic rings. The molecule has 0 unspecified atom stereocenters. The highest BCUT2D eigenvalue weighted by molar-refractivity contribution is 5.75. The Balaban J connectivity index is 1.37. The molecule has 0 spiro atoms. The van der Waals surface area contributed by atoms with Crippen LogP contribution in [0.4, 0.5) is 5.69 Å². The molecule has 4 rings (SSSR count). The SMILES string of the molecule is CCCCn1c(=O)c(CCC(=O)OCc2nnc(-c3ccc([N+](=O)[O-])cc3)o2)nc2ccccc21. The fourth-order valence-electron chi connectivity index (χ4n) is 3.54. The minimum Gasteiger partial charge on any atom is -0.456 e. The predicted octanol–water partition coefficient (Wildman–Crippen LogP) is 3.83. The van der Waals surface area contributed by atoms with E-state index in [1.54, 1.807) is 4.57 Å². The summed E-state index contributed by atoms with van der Waals surface area (Å²) in [5, 5.41) is 18.5. The largest absolute Gasteiger partial charge is 0.456 e. The standard InChI is InChI=1S/C24H23N5O6/c1-2-3-14-28-20-7-5-4-6-18(20)25-19(24(28)31)12-13-22(30)34-15-21-26-27-23(35-21)16-8-10-17(11-9-16)29(32)33/h4-11H,2-3,12-15H2,1H3. The van der Waals surface area contributed by atoms with Gasteiger partial charge in [0.25, 0.3) is 17.1 Å². The van der Waals surface area contributed by atoms with Gasteiger partial charge >= 0.3 is 5.97 Å². The summed E-state index contributed by atoms with van der Waals surface area (Å²) >= 11 is 0. The normalized spacial score (nSPS) is 11.0. The third-order valence-electron chi connectivity index (χ3n) is 5.37. The van der Waals surface area contributed by atoms with E-state index in [0.717, 1.165) is 18.4 Å². The number of non-ortho nitro benzene ring substituents is 1. The molecule has 2 aromatic heterocycles. The van der Waals surface area contributed by atoms with E-state index in [-0.39, 0.29) is 42.5 Å². The van der Waals surface area contributed by atoms with E-state index >= 15 is 0 Å². The topological polar surface area (TPSA) is 143 Å². The number of carbonyl (C=O) groups is 1. The molecule has 11 nitrogen and oxygen atoms in total. The maximum Gasteiger partial charge on any atom is 0.306 e. The van der Waals surface area contributed by atoms with Crippen molar-refractivity contribution in [2.45, 2.75) is 45.8 Å². The number of aryl methyl sites for hydroxylation is 2. The molecule has 0 saturated heterocycles. The Labute approximate surface area is 199 Å². The van der Waals surface area contributed by atoms with Gasteiger partial charge in [0.15, 0.2) is 6.61 Å². The molecule has 2 aromatic carbocycles. The number of ether oxygens (including phenoxy) is 1. The van der Waals surface area contributed by atoms with Gasteiger partial charge in [-0.05, 0) is 30.7 Å². The molecule has 0 N–H and O–H groups in total. The lowest BCUT2D eigenvalue weighted by molar-refractivity contribution is -0.384. The van der Waals surface area contributed by atoms with E-state index < -0.39 is 10.9 Å². The van der Waals surface area contributed by atoms with Crippen LogP contribution >= 0.6 is 0 Å². The molecule has 0 saturated carbocycles. The molecular weight excluding hydrogens is 454 g/mol. The van der Waals surface area contributed by atoms with Crippen LogP contribution in [0.2, 0.25) is 0 Å². The van der Waals surface area contributed by atoms with Gasteiger partial charge in [0.05, 0.1) is 22.4 Å². The van der Waals surface area contributed by atoms with Crippen molar-refractivity contribution in [1.29, 1.82) is 0 Å². The molecule has 2 heterocycles.